The highest BCUT2D eigenvalue weighted by atomic mass is 16.5. The lowest BCUT2D eigenvalue weighted by molar-refractivity contribution is -0.163. The van der Waals surface area contributed by atoms with E-state index in [1.807, 2.05) is 60.7 Å². The fraction of sp³-hybridized carbons (Fsp3) is 0.259. The minimum atomic E-state index is -1.23. The summed E-state index contributed by atoms with van der Waals surface area (Å²) in [4.78, 5) is 27.1. The molecule has 1 aliphatic rings. The Morgan fingerprint density at radius 2 is 1.69 bits per heavy atom. The third-order valence-electron chi connectivity index (χ3n) is 5.98. The van der Waals surface area contributed by atoms with Gasteiger partial charge in [-0.2, -0.15) is 0 Å². The number of aryl methyl sites for hydroxylation is 1. The molecule has 1 saturated heterocycles. The summed E-state index contributed by atoms with van der Waals surface area (Å²) in [7, 11) is 0. The van der Waals surface area contributed by atoms with Gasteiger partial charge in [-0.15, -0.1) is 0 Å². The Balaban J connectivity index is 1.49. The van der Waals surface area contributed by atoms with E-state index < -0.39 is 11.5 Å². The molecule has 0 saturated carbocycles. The van der Waals surface area contributed by atoms with Gasteiger partial charge in [0.05, 0.1) is 19.6 Å². The molecule has 0 spiro atoms. The van der Waals surface area contributed by atoms with Crippen molar-refractivity contribution in [2.45, 2.75) is 25.4 Å². The van der Waals surface area contributed by atoms with Crippen LogP contribution in [0.25, 0.3) is 11.1 Å². The normalized spacial score (nSPS) is 18.3. The average molecular weight is 429 g/mol. The van der Waals surface area contributed by atoms with Crippen molar-refractivity contribution in [3.05, 3.63) is 95.6 Å². The predicted octanol–water partition coefficient (Wildman–Crippen LogP) is 3.53. The molecule has 0 unspecified atom stereocenters. The second-order valence-corrected chi connectivity index (χ2v) is 8.43. The van der Waals surface area contributed by atoms with Crippen molar-refractivity contribution in [3.8, 4) is 11.1 Å². The summed E-state index contributed by atoms with van der Waals surface area (Å²) in [6, 6.07) is 26.0. The number of rotatable bonds is 6. The molecule has 5 heteroatoms. The Labute approximate surface area is 188 Å². The third kappa shape index (κ3) is 4.89. The van der Waals surface area contributed by atoms with Crippen molar-refractivity contribution in [2.75, 3.05) is 19.7 Å². The fourth-order valence-electron chi connectivity index (χ4n) is 4.19. The van der Waals surface area contributed by atoms with Crippen LogP contribution >= 0.6 is 0 Å². The van der Waals surface area contributed by atoms with Crippen LogP contribution < -0.4 is 5.73 Å². The lowest BCUT2D eigenvalue weighted by atomic mass is 9.90. The highest BCUT2D eigenvalue weighted by molar-refractivity contribution is 5.86. The summed E-state index contributed by atoms with van der Waals surface area (Å²) in [5.74, 6) is -0.572. The fourth-order valence-corrected chi connectivity index (χ4v) is 4.19. The van der Waals surface area contributed by atoms with Crippen LogP contribution in [0.5, 0.6) is 0 Å². The standard InChI is InChI=1S/C27H28N2O3/c1-20-6-5-9-24(16-20)23-12-10-22(11-13-23)18-27(26(28)31)19-29(14-15-32-27)25(30)17-21-7-3-2-4-8-21/h2-13,16H,14-15,17-19H2,1H3,(H2,28,31)/t27-/m1/s1. The largest absolute Gasteiger partial charge is 0.367 e. The lowest BCUT2D eigenvalue weighted by Gasteiger charge is -2.41. The number of morpholine rings is 1. The smallest absolute Gasteiger partial charge is 0.251 e. The number of primary amides is 1. The van der Waals surface area contributed by atoms with Crippen molar-refractivity contribution in [1.29, 1.82) is 0 Å². The van der Waals surface area contributed by atoms with Crippen LogP contribution in [0.1, 0.15) is 16.7 Å². The van der Waals surface area contributed by atoms with Crippen LogP contribution in [0, 0.1) is 6.92 Å². The highest BCUT2D eigenvalue weighted by Gasteiger charge is 2.43. The van der Waals surface area contributed by atoms with E-state index in [1.54, 1.807) is 4.90 Å². The molecule has 3 aromatic carbocycles. The molecule has 0 aliphatic carbocycles. The van der Waals surface area contributed by atoms with E-state index >= 15 is 0 Å². The maximum absolute atomic E-state index is 12.9. The molecule has 4 rings (SSSR count). The Morgan fingerprint density at radius 3 is 2.38 bits per heavy atom. The SMILES string of the molecule is Cc1cccc(-c2ccc(C[C@]3(C(N)=O)CN(C(=O)Cc4ccccc4)CCO3)cc2)c1. The van der Waals surface area contributed by atoms with Gasteiger partial charge in [-0.3, -0.25) is 9.59 Å². The van der Waals surface area contributed by atoms with Crippen LogP contribution in [0.15, 0.2) is 78.9 Å². The van der Waals surface area contributed by atoms with Crippen molar-refractivity contribution < 1.29 is 14.3 Å². The van der Waals surface area contributed by atoms with E-state index in [9.17, 15) is 9.59 Å². The Bertz CT molecular complexity index is 1100. The molecular formula is C27H28N2O3. The summed E-state index contributed by atoms with van der Waals surface area (Å²) in [6.45, 7) is 2.96. The average Bonchev–Trinajstić information content (AvgIpc) is 2.80. The third-order valence-corrected chi connectivity index (χ3v) is 5.98. The van der Waals surface area contributed by atoms with Crippen LogP contribution in [0.3, 0.4) is 0 Å². The van der Waals surface area contributed by atoms with Crippen molar-refractivity contribution in [3.63, 3.8) is 0 Å². The summed E-state index contributed by atoms with van der Waals surface area (Å²) < 4.78 is 5.92. The van der Waals surface area contributed by atoms with Gasteiger partial charge in [-0.25, -0.2) is 0 Å². The zero-order valence-corrected chi connectivity index (χ0v) is 18.3. The number of benzene rings is 3. The van der Waals surface area contributed by atoms with E-state index in [1.165, 1.54) is 5.56 Å². The second-order valence-electron chi connectivity index (χ2n) is 8.43. The Kier molecular flexibility index (Phi) is 6.37. The first-order valence-corrected chi connectivity index (χ1v) is 10.9. The first kappa shape index (κ1) is 21.8. The van der Waals surface area contributed by atoms with Crippen LogP contribution in [0.4, 0.5) is 0 Å². The van der Waals surface area contributed by atoms with E-state index in [0.717, 1.165) is 22.3 Å². The molecule has 32 heavy (non-hydrogen) atoms. The van der Waals surface area contributed by atoms with Crippen LogP contribution in [-0.2, 0) is 27.2 Å². The number of hydrogen-bond acceptors (Lipinski definition) is 3. The van der Waals surface area contributed by atoms with E-state index in [4.69, 9.17) is 10.5 Å². The van der Waals surface area contributed by atoms with Gasteiger partial charge in [0.1, 0.15) is 0 Å². The molecule has 1 heterocycles. The molecule has 1 atom stereocenters. The minimum Gasteiger partial charge on any atom is -0.367 e. The first-order valence-electron chi connectivity index (χ1n) is 10.9. The van der Waals surface area contributed by atoms with Crippen molar-refractivity contribution in [1.82, 2.24) is 4.90 Å². The van der Waals surface area contributed by atoms with Gasteiger partial charge in [0.25, 0.3) is 5.91 Å². The predicted molar refractivity (Wildman–Crippen MR) is 125 cm³/mol. The van der Waals surface area contributed by atoms with Gasteiger partial charge in [-0.1, -0.05) is 84.4 Å². The number of ether oxygens (including phenoxy) is 1. The first-order chi connectivity index (χ1) is 15.4. The monoisotopic (exact) mass is 428 g/mol. The Morgan fingerprint density at radius 1 is 0.938 bits per heavy atom. The zero-order chi connectivity index (χ0) is 22.6. The van der Waals surface area contributed by atoms with Gasteiger partial charge in [0.2, 0.25) is 5.91 Å². The molecule has 0 radical (unpaired) electrons. The molecular weight excluding hydrogens is 400 g/mol. The molecule has 3 aromatic rings. The van der Waals surface area contributed by atoms with E-state index in [2.05, 4.69) is 25.1 Å². The molecule has 0 bridgehead atoms. The number of nitrogens with zero attached hydrogens (tertiary/aromatic N) is 1. The molecule has 2 amide bonds. The van der Waals surface area contributed by atoms with Crippen LogP contribution in [0.2, 0.25) is 0 Å². The number of amides is 2. The van der Waals surface area contributed by atoms with Crippen molar-refractivity contribution in [2.24, 2.45) is 5.73 Å². The number of carbonyl (C=O) groups excluding carboxylic acids is 2. The van der Waals surface area contributed by atoms with E-state index in [-0.39, 0.29) is 19.1 Å². The molecule has 1 fully saturated rings. The topological polar surface area (TPSA) is 72.6 Å². The number of hydrogen-bond donors (Lipinski definition) is 1. The highest BCUT2D eigenvalue weighted by Crippen LogP contribution is 2.26. The summed E-state index contributed by atoms with van der Waals surface area (Å²) in [5.41, 5.74) is 9.92. The van der Waals surface area contributed by atoms with Gasteiger partial charge in [0, 0.05) is 13.0 Å². The van der Waals surface area contributed by atoms with Crippen molar-refractivity contribution >= 4 is 11.8 Å². The van der Waals surface area contributed by atoms with Gasteiger partial charge >= 0.3 is 0 Å². The number of carbonyl (C=O) groups is 2. The molecule has 2 N–H and O–H groups in total. The second kappa shape index (κ2) is 9.37. The Hall–Kier alpha value is -3.44. The van der Waals surface area contributed by atoms with Gasteiger partial charge in [-0.05, 0) is 29.2 Å². The zero-order valence-electron chi connectivity index (χ0n) is 18.3. The maximum atomic E-state index is 12.9. The molecule has 0 aromatic heterocycles. The quantitative estimate of drug-likeness (QED) is 0.653. The minimum absolute atomic E-state index is 0.0279. The number of nitrogens with two attached hydrogens (primary N) is 1. The molecule has 5 nitrogen and oxygen atoms in total. The van der Waals surface area contributed by atoms with E-state index in [0.29, 0.717) is 19.4 Å². The van der Waals surface area contributed by atoms with Gasteiger partial charge in [0.15, 0.2) is 5.60 Å². The van der Waals surface area contributed by atoms with Crippen LogP contribution in [-0.4, -0.2) is 42.0 Å². The molecule has 1 aliphatic heterocycles. The molecule has 164 valence electrons. The lowest BCUT2D eigenvalue weighted by Crippen LogP contribution is -2.61. The summed E-state index contributed by atoms with van der Waals surface area (Å²) in [5, 5.41) is 0. The maximum Gasteiger partial charge on any atom is 0.251 e. The van der Waals surface area contributed by atoms with Gasteiger partial charge < -0.3 is 15.4 Å². The summed E-state index contributed by atoms with van der Waals surface area (Å²) >= 11 is 0. The summed E-state index contributed by atoms with van der Waals surface area (Å²) in [6.07, 6.45) is 0.617.